The monoisotopic (exact) mass is 420 g/mol. The quantitative estimate of drug-likeness (QED) is 0.362. The molecule has 0 fully saturated rings. The summed E-state index contributed by atoms with van der Waals surface area (Å²) in [6.07, 6.45) is 0. The zero-order valence-electron chi connectivity index (χ0n) is 17.4. The highest BCUT2D eigenvalue weighted by Gasteiger charge is 2.14. The number of hydrogen-bond donors (Lipinski definition) is 0. The predicted molar refractivity (Wildman–Crippen MR) is 138 cm³/mol. The van der Waals surface area contributed by atoms with E-state index in [1.165, 1.54) is 32.3 Å². The molecule has 4 rings (SSSR count). The molecule has 4 aromatic carbocycles. The average molecular weight is 421 g/mol. The summed E-state index contributed by atoms with van der Waals surface area (Å²) in [5.74, 6) is 0. The van der Waals surface area contributed by atoms with E-state index in [1.807, 2.05) is 0 Å². The summed E-state index contributed by atoms with van der Waals surface area (Å²) in [6.45, 7) is 8.35. The van der Waals surface area contributed by atoms with Gasteiger partial charge < -0.3 is 0 Å². The first kappa shape index (κ1) is 20.3. The molecule has 0 heterocycles. The fourth-order valence-electron chi connectivity index (χ4n) is 4.16. The van der Waals surface area contributed by atoms with Crippen LogP contribution in [0.3, 0.4) is 0 Å². The summed E-state index contributed by atoms with van der Waals surface area (Å²) >= 11 is 0. The highest BCUT2D eigenvalue weighted by atomic mass is 28.3. The van der Waals surface area contributed by atoms with Crippen LogP contribution in [0.2, 0.25) is 0 Å². The molecular formula is C28H28Si2. The summed E-state index contributed by atoms with van der Waals surface area (Å²) in [5, 5.41) is 5.61. The molecule has 0 N–H and O–H groups in total. The first-order valence-corrected chi connectivity index (χ1v) is 14.8. The maximum atomic E-state index is 4.17. The highest BCUT2D eigenvalue weighted by Crippen LogP contribution is 2.14. The maximum Gasteiger partial charge on any atom is 0.0977 e. The fourth-order valence-corrected chi connectivity index (χ4v) is 8.54. The van der Waals surface area contributed by atoms with E-state index in [0.717, 1.165) is 12.1 Å². The Balaban J connectivity index is 1.63. The Morgan fingerprint density at radius 2 is 0.967 bits per heavy atom. The molecule has 0 aliphatic heterocycles. The van der Waals surface area contributed by atoms with Gasteiger partial charge in [0.2, 0.25) is 0 Å². The molecule has 2 heteroatoms. The van der Waals surface area contributed by atoms with Gasteiger partial charge in [-0.3, -0.25) is 0 Å². The molecule has 0 aromatic heterocycles. The van der Waals surface area contributed by atoms with Crippen molar-refractivity contribution in [3.05, 3.63) is 133 Å². The summed E-state index contributed by atoms with van der Waals surface area (Å²) in [7, 11) is -2.51. The molecule has 0 spiro atoms. The second kappa shape index (κ2) is 9.70. The van der Waals surface area contributed by atoms with E-state index in [-0.39, 0.29) is 0 Å². The van der Waals surface area contributed by atoms with Gasteiger partial charge in [0, 0.05) is 0 Å². The standard InChI is InChI=1S/C28H28Si2/c1-3-29(21-23-11-7-5-8-12-23)27-17-15-25-16-18-28(20-26(25)19-27)30(4-2)22-24-13-9-6-10-14-24/h3-20,29-30H,1-2,21-22H2. The van der Waals surface area contributed by atoms with Crippen molar-refractivity contribution in [3.8, 4) is 0 Å². The Morgan fingerprint density at radius 1 is 0.533 bits per heavy atom. The van der Waals surface area contributed by atoms with Crippen LogP contribution in [0, 0.1) is 0 Å². The molecule has 30 heavy (non-hydrogen) atoms. The van der Waals surface area contributed by atoms with Crippen LogP contribution in [0.5, 0.6) is 0 Å². The zero-order chi connectivity index (χ0) is 20.8. The van der Waals surface area contributed by atoms with Crippen LogP contribution in [0.15, 0.2) is 122 Å². The summed E-state index contributed by atoms with van der Waals surface area (Å²) in [5.41, 5.74) is 7.25. The van der Waals surface area contributed by atoms with Crippen molar-refractivity contribution in [1.82, 2.24) is 0 Å². The van der Waals surface area contributed by atoms with Crippen LogP contribution in [-0.2, 0) is 12.1 Å². The number of rotatable bonds is 8. The van der Waals surface area contributed by atoms with E-state index in [4.69, 9.17) is 0 Å². The Hall–Kier alpha value is -2.95. The fraction of sp³-hybridized carbons (Fsp3) is 0.0714. The average Bonchev–Trinajstić information content (AvgIpc) is 2.81. The zero-order valence-corrected chi connectivity index (χ0v) is 19.7. The minimum Gasteiger partial charge on any atom is -0.107 e. The van der Waals surface area contributed by atoms with Crippen LogP contribution in [0.4, 0.5) is 0 Å². The summed E-state index contributed by atoms with van der Waals surface area (Å²) in [4.78, 5) is 0. The van der Waals surface area contributed by atoms with E-state index < -0.39 is 17.6 Å². The number of benzene rings is 4. The lowest BCUT2D eigenvalue weighted by Crippen LogP contribution is -2.32. The third-order valence-electron chi connectivity index (χ3n) is 5.91. The molecule has 0 bridgehead atoms. The molecular weight excluding hydrogens is 392 g/mol. The van der Waals surface area contributed by atoms with Gasteiger partial charge in [0.1, 0.15) is 0 Å². The first-order valence-electron chi connectivity index (χ1n) is 10.6. The highest BCUT2D eigenvalue weighted by molar-refractivity contribution is 6.78. The van der Waals surface area contributed by atoms with Crippen molar-refractivity contribution < 1.29 is 0 Å². The van der Waals surface area contributed by atoms with Crippen molar-refractivity contribution in [1.29, 1.82) is 0 Å². The van der Waals surface area contributed by atoms with Crippen LogP contribution in [-0.4, -0.2) is 17.6 Å². The normalized spacial score (nSPS) is 12.9. The third-order valence-corrected chi connectivity index (χ3v) is 11.3. The molecule has 2 unspecified atom stereocenters. The van der Waals surface area contributed by atoms with E-state index in [9.17, 15) is 0 Å². The van der Waals surface area contributed by atoms with Gasteiger partial charge in [0.05, 0.1) is 17.6 Å². The van der Waals surface area contributed by atoms with E-state index in [2.05, 4.69) is 122 Å². The lowest BCUT2D eigenvalue weighted by molar-refractivity contribution is 1.37. The minimum atomic E-state index is -1.25. The van der Waals surface area contributed by atoms with Crippen LogP contribution < -0.4 is 10.4 Å². The molecule has 0 saturated carbocycles. The Bertz CT molecular complexity index is 1040. The lowest BCUT2D eigenvalue weighted by Gasteiger charge is -2.15. The molecule has 4 aromatic rings. The molecule has 0 saturated heterocycles. The van der Waals surface area contributed by atoms with E-state index in [1.54, 1.807) is 0 Å². The van der Waals surface area contributed by atoms with Gasteiger partial charge in [-0.05, 0) is 22.9 Å². The van der Waals surface area contributed by atoms with Gasteiger partial charge in [0.25, 0.3) is 0 Å². The second-order valence-corrected chi connectivity index (χ2v) is 13.4. The van der Waals surface area contributed by atoms with Crippen molar-refractivity contribution >= 4 is 38.7 Å². The summed E-state index contributed by atoms with van der Waals surface area (Å²) in [6, 6.07) is 37.9. The topological polar surface area (TPSA) is 0 Å². The molecule has 2 atom stereocenters. The van der Waals surface area contributed by atoms with Crippen molar-refractivity contribution in [3.63, 3.8) is 0 Å². The molecule has 148 valence electrons. The van der Waals surface area contributed by atoms with E-state index in [0.29, 0.717) is 0 Å². The van der Waals surface area contributed by atoms with Crippen LogP contribution in [0.25, 0.3) is 10.8 Å². The number of hydrogen-bond acceptors (Lipinski definition) is 0. The van der Waals surface area contributed by atoms with Crippen molar-refractivity contribution in [2.45, 2.75) is 12.1 Å². The van der Waals surface area contributed by atoms with Crippen LogP contribution >= 0.6 is 0 Å². The van der Waals surface area contributed by atoms with Gasteiger partial charge in [0.15, 0.2) is 0 Å². The predicted octanol–water partition coefficient (Wildman–Crippen LogP) is 4.72. The first-order chi connectivity index (χ1) is 14.8. The van der Waals surface area contributed by atoms with Gasteiger partial charge in [-0.2, -0.15) is 0 Å². The molecule has 0 aliphatic rings. The van der Waals surface area contributed by atoms with Gasteiger partial charge in [-0.15, -0.1) is 13.2 Å². The smallest absolute Gasteiger partial charge is 0.0977 e. The molecule has 0 aliphatic carbocycles. The number of fused-ring (bicyclic) bond motifs is 1. The Kier molecular flexibility index (Phi) is 6.58. The second-order valence-electron chi connectivity index (χ2n) is 7.93. The lowest BCUT2D eigenvalue weighted by atomic mass is 10.1. The Morgan fingerprint density at radius 3 is 1.37 bits per heavy atom. The van der Waals surface area contributed by atoms with Gasteiger partial charge in [-0.1, -0.05) is 130 Å². The van der Waals surface area contributed by atoms with Gasteiger partial charge >= 0.3 is 0 Å². The van der Waals surface area contributed by atoms with Gasteiger partial charge in [-0.25, -0.2) is 0 Å². The Labute approximate surface area is 183 Å². The SMILES string of the molecule is C=C[SiH](Cc1ccccc1)c1ccc2ccc([SiH](C=C)Cc3ccccc3)cc2c1. The third kappa shape index (κ3) is 4.78. The van der Waals surface area contributed by atoms with Crippen molar-refractivity contribution in [2.75, 3.05) is 0 Å². The van der Waals surface area contributed by atoms with Crippen LogP contribution in [0.1, 0.15) is 11.1 Å². The maximum absolute atomic E-state index is 4.17. The minimum absolute atomic E-state index is 1.12. The molecule has 0 amide bonds. The molecule has 0 radical (unpaired) electrons. The van der Waals surface area contributed by atoms with Crippen molar-refractivity contribution in [2.24, 2.45) is 0 Å². The summed E-state index contributed by atoms with van der Waals surface area (Å²) < 4.78 is 0. The van der Waals surface area contributed by atoms with E-state index >= 15 is 0 Å². The largest absolute Gasteiger partial charge is 0.107 e. The molecule has 0 nitrogen and oxygen atoms in total.